The van der Waals surface area contributed by atoms with E-state index in [0.717, 1.165) is 12.8 Å². The second kappa shape index (κ2) is 8.82. The number of pyridine rings is 1. The average Bonchev–Trinajstić information content (AvgIpc) is 3.52. The first kappa shape index (κ1) is 24.1. The van der Waals surface area contributed by atoms with Gasteiger partial charge in [-0.1, -0.05) is 18.2 Å². The molecule has 36 heavy (non-hydrogen) atoms. The molecular formula is C26H29N5O4S. The van der Waals surface area contributed by atoms with E-state index in [-0.39, 0.29) is 22.7 Å². The van der Waals surface area contributed by atoms with Crippen molar-refractivity contribution in [3.8, 4) is 0 Å². The van der Waals surface area contributed by atoms with Crippen LogP contribution in [0.15, 0.2) is 53.7 Å². The molecule has 2 aliphatic rings. The first-order chi connectivity index (χ1) is 17.1. The van der Waals surface area contributed by atoms with Gasteiger partial charge in [-0.25, -0.2) is 27.0 Å². The van der Waals surface area contributed by atoms with E-state index >= 15 is 0 Å². The van der Waals surface area contributed by atoms with Crippen molar-refractivity contribution in [2.24, 2.45) is 11.8 Å². The van der Waals surface area contributed by atoms with Gasteiger partial charge in [0.25, 0.3) is 10.0 Å². The number of fused-ring (bicyclic) bond motifs is 2. The van der Waals surface area contributed by atoms with E-state index in [1.54, 1.807) is 41.3 Å². The Balaban J connectivity index is 1.37. The van der Waals surface area contributed by atoms with Crippen LogP contribution in [0.25, 0.3) is 15.9 Å². The molecule has 0 radical (unpaired) electrons. The van der Waals surface area contributed by atoms with Crippen molar-refractivity contribution in [2.45, 2.75) is 50.2 Å². The Morgan fingerprint density at radius 3 is 2.42 bits per heavy atom. The Morgan fingerprint density at radius 1 is 1.14 bits per heavy atom. The van der Waals surface area contributed by atoms with Gasteiger partial charge in [-0.15, -0.1) is 0 Å². The molecule has 3 aromatic rings. The molecule has 1 aliphatic carbocycles. The lowest BCUT2D eigenvalue weighted by Gasteiger charge is -2.25. The highest BCUT2D eigenvalue weighted by Gasteiger charge is 2.43. The van der Waals surface area contributed by atoms with Gasteiger partial charge >= 0.3 is 6.09 Å². The second-order valence-corrected chi connectivity index (χ2v) is 12.3. The van der Waals surface area contributed by atoms with Gasteiger partial charge in [0.2, 0.25) is 5.69 Å². The molecular weight excluding hydrogens is 478 g/mol. The number of rotatable bonds is 4. The number of nitrogens with one attached hydrogen (secondary N) is 1. The number of carbonyl (C=O) groups is 1. The molecule has 9 nitrogen and oxygen atoms in total. The van der Waals surface area contributed by atoms with Crippen LogP contribution in [0.3, 0.4) is 0 Å². The lowest BCUT2D eigenvalue weighted by molar-refractivity contribution is 0.0280. The standard InChI is InChI=1S/C26H29N5O4S/c1-26(2,3)35-25(32)30-15-17-12-19(13-18(17)16-30)29-23-21-10-11-31(24(21)28-14-22(23)27-4)36(33,34)20-8-6-5-7-9-20/h5-11,14,17-19H,12-13,15-16H2,1-3H3,(H,28,29)/t17-,18+,19?. The number of ether oxygens (including phenoxy) is 1. The zero-order valence-corrected chi connectivity index (χ0v) is 21.3. The molecule has 0 bridgehead atoms. The van der Waals surface area contributed by atoms with E-state index in [4.69, 9.17) is 11.3 Å². The third-order valence-corrected chi connectivity index (χ3v) is 8.51. The SMILES string of the molecule is [C-]#[N+]c1cnc2c(ccn2S(=O)(=O)c2ccccc2)c1NC1C[C@@H]2CN(C(=O)OC(C)(C)C)C[C@@H]2C1. The summed E-state index contributed by atoms with van der Waals surface area (Å²) in [6.07, 6.45) is 4.35. The molecule has 1 aromatic carbocycles. The minimum absolute atomic E-state index is 0.112. The van der Waals surface area contributed by atoms with Gasteiger partial charge < -0.3 is 15.0 Å². The number of hydrogen-bond donors (Lipinski definition) is 1. The lowest BCUT2D eigenvalue weighted by Crippen LogP contribution is -2.36. The zero-order chi connectivity index (χ0) is 25.7. The minimum Gasteiger partial charge on any atom is -0.444 e. The fourth-order valence-electron chi connectivity index (χ4n) is 5.29. The molecule has 1 N–H and O–H groups in total. The topological polar surface area (TPSA) is 97.9 Å². The highest BCUT2D eigenvalue weighted by Crippen LogP contribution is 2.42. The molecule has 10 heteroatoms. The molecule has 188 valence electrons. The van der Waals surface area contributed by atoms with Crippen LogP contribution in [-0.2, 0) is 14.8 Å². The van der Waals surface area contributed by atoms with Crippen LogP contribution in [-0.4, -0.2) is 53.1 Å². The van der Waals surface area contributed by atoms with Crippen LogP contribution in [0.5, 0.6) is 0 Å². The molecule has 2 fully saturated rings. The van der Waals surface area contributed by atoms with E-state index in [1.807, 2.05) is 20.8 Å². The van der Waals surface area contributed by atoms with Crippen LogP contribution in [0.1, 0.15) is 33.6 Å². The molecule has 5 rings (SSSR count). The van der Waals surface area contributed by atoms with Crippen LogP contribution < -0.4 is 5.32 Å². The van der Waals surface area contributed by atoms with Crippen molar-refractivity contribution >= 4 is 38.5 Å². The Labute approximate surface area is 210 Å². The summed E-state index contributed by atoms with van der Waals surface area (Å²) in [5.74, 6) is 0.707. The number of nitrogens with zero attached hydrogens (tertiary/aromatic N) is 4. The van der Waals surface area contributed by atoms with Gasteiger partial charge in [0.1, 0.15) is 5.60 Å². The first-order valence-electron chi connectivity index (χ1n) is 12.0. The lowest BCUT2D eigenvalue weighted by atomic mass is 10.0. The monoisotopic (exact) mass is 507 g/mol. The molecule has 1 saturated heterocycles. The largest absolute Gasteiger partial charge is 0.444 e. The molecule has 3 heterocycles. The second-order valence-electron chi connectivity index (χ2n) is 10.5. The predicted molar refractivity (Wildman–Crippen MR) is 136 cm³/mol. The quantitative estimate of drug-likeness (QED) is 0.506. The van der Waals surface area contributed by atoms with Gasteiger partial charge in [0, 0.05) is 36.9 Å². The summed E-state index contributed by atoms with van der Waals surface area (Å²) in [6, 6.07) is 10.0. The van der Waals surface area contributed by atoms with Crippen LogP contribution in [0, 0.1) is 18.4 Å². The van der Waals surface area contributed by atoms with Crippen molar-refractivity contribution in [3.05, 3.63) is 60.2 Å². The zero-order valence-electron chi connectivity index (χ0n) is 20.5. The Bertz CT molecular complexity index is 1440. The Kier molecular flexibility index (Phi) is 5.91. The summed E-state index contributed by atoms with van der Waals surface area (Å²) >= 11 is 0. The molecule has 3 atom stereocenters. The van der Waals surface area contributed by atoms with Crippen molar-refractivity contribution in [3.63, 3.8) is 0 Å². The highest BCUT2D eigenvalue weighted by atomic mass is 32.2. The number of aromatic nitrogens is 2. The van der Waals surface area contributed by atoms with Gasteiger partial charge in [0.15, 0.2) is 5.65 Å². The van der Waals surface area contributed by atoms with Gasteiger partial charge in [-0.2, -0.15) is 0 Å². The third kappa shape index (κ3) is 4.39. The van der Waals surface area contributed by atoms with Crippen molar-refractivity contribution in [1.29, 1.82) is 0 Å². The fourth-order valence-corrected chi connectivity index (χ4v) is 6.61. The maximum atomic E-state index is 13.2. The summed E-state index contributed by atoms with van der Waals surface area (Å²) in [7, 11) is -3.83. The van der Waals surface area contributed by atoms with Crippen LogP contribution in [0.4, 0.5) is 16.2 Å². The Morgan fingerprint density at radius 2 is 1.81 bits per heavy atom. The van der Waals surface area contributed by atoms with Crippen LogP contribution in [0.2, 0.25) is 0 Å². The summed E-state index contributed by atoms with van der Waals surface area (Å²) in [4.78, 5) is 22.4. The number of benzene rings is 1. The molecule has 1 unspecified atom stereocenters. The minimum atomic E-state index is -3.83. The highest BCUT2D eigenvalue weighted by molar-refractivity contribution is 7.90. The van der Waals surface area contributed by atoms with Crippen LogP contribution >= 0.6 is 0 Å². The number of hydrogen-bond acceptors (Lipinski definition) is 6. The van der Waals surface area contributed by atoms with Crippen molar-refractivity contribution in [1.82, 2.24) is 13.9 Å². The van der Waals surface area contributed by atoms with E-state index < -0.39 is 15.6 Å². The number of anilines is 1. The first-order valence-corrected chi connectivity index (χ1v) is 13.4. The predicted octanol–water partition coefficient (Wildman–Crippen LogP) is 4.88. The number of carbonyl (C=O) groups excluding carboxylic acids is 1. The normalized spacial score (nSPS) is 21.8. The Hall–Kier alpha value is -3.58. The number of amides is 1. The molecule has 1 amide bonds. The average molecular weight is 508 g/mol. The number of likely N-dealkylation sites (tertiary alicyclic amines) is 1. The van der Waals surface area contributed by atoms with E-state index in [9.17, 15) is 13.2 Å². The molecule has 1 saturated carbocycles. The molecule has 2 aromatic heterocycles. The molecule has 0 spiro atoms. The third-order valence-electron chi connectivity index (χ3n) is 6.83. The summed E-state index contributed by atoms with van der Waals surface area (Å²) < 4.78 is 33.1. The summed E-state index contributed by atoms with van der Waals surface area (Å²) in [5.41, 5.74) is 0.713. The van der Waals surface area contributed by atoms with Gasteiger partial charge in [0.05, 0.1) is 17.2 Å². The maximum Gasteiger partial charge on any atom is 0.410 e. The van der Waals surface area contributed by atoms with E-state index in [2.05, 4.69) is 15.1 Å². The smallest absolute Gasteiger partial charge is 0.410 e. The van der Waals surface area contributed by atoms with Crippen molar-refractivity contribution in [2.75, 3.05) is 18.4 Å². The molecule has 1 aliphatic heterocycles. The van der Waals surface area contributed by atoms with E-state index in [0.29, 0.717) is 41.7 Å². The fraction of sp³-hybridized carbons (Fsp3) is 0.423. The summed E-state index contributed by atoms with van der Waals surface area (Å²) in [6.45, 7) is 14.5. The van der Waals surface area contributed by atoms with Gasteiger partial charge in [-0.3, -0.25) is 0 Å². The van der Waals surface area contributed by atoms with E-state index in [1.165, 1.54) is 16.4 Å². The summed E-state index contributed by atoms with van der Waals surface area (Å²) in [5, 5.41) is 4.12. The van der Waals surface area contributed by atoms with Crippen molar-refractivity contribution < 1.29 is 17.9 Å². The maximum absolute atomic E-state index is 13.2. The van der Waals surface area contributed by atoms with Gasteiger partial charge in [-0.05, 0) is 63.6 Å².